The number of ether oxygens (including phenoxy) is 2. The van der Waals surface area contributed by atoms with Crippen LogP contribution in [0.1, 0.15) is 27.0 Å². The van der Waals surface area contributed by atoms with Gasteiger partial charge in [0.05, 0.1) is 11.1 Å². The van der Waals surface area contributed by atoms with Gasteiger partial charge in [-0.05, 0) is 47.5 Å². The monoisotopic (exact) mass is 448 g/mol. The molecule has 0 saturated carbocycles. The van der Waals surface area contributed by atoms with E-state index in [1.165, 1.54) is 0 Å². The number of ketones is 1. The number of aromatic nitrogens is 1. The van der Waals surface area contributed by atoms with E-state index in [0.29, 0.717) is 36.9 Å². The highest BCUT2D eigenvalue weighted by atomic mass is 79.9. The number of carbonyl (C=O) groups is 1. The van der Waals surface area contributed by atoms with E-state index in [2.05, 4.69) is 25.8 Å². The summed E-state index contributed by atoms with van der Waals surface area (Å²) in [4.78, 5) is 19.2. The van der Waals surface area contributed by atoms with Crippen LogP contribution in [0.25, 0.3) is 6.08 Å². The Hall–Kier alpha value is -2.96. The van der Waals surface area contributed by atoms with E-state index < -0.39 is 0 Å². The number of allylic oxidation sites excluding steroid dienone is 1. The van der Waals surface area contributed by atoms with Crippen LogP contribution in [0, 0.1) is 0 Å². The summed E-state index contributed by atoms with van der Waals surface area (Å²) in [5.74, 6) is 1.60. The smallest absolute Gasteiger partial charge is 0.231 e. The predicted octanol–water partition coefficient (Wildman–Crippen LogP) is 4.81. The van der Waals surface area contributed by atoms with Gasteiger partial charge in [-0.15, -0.1) is 0 Å². The van der Waals surface area contributed by atoms with Crippen LogP contribution in [-0.2, 0) is 13.1 Å². The largest absolute Gasteiger partial charge is 0.478 e. The van der Waals surface area contributed by atoms with E-state index in [1.54, 1.807) is 18.3 Å². The quantitative estimate of drug-likeness (QED) is 0.538. The third kappa shape index (κ3) is 3.57. The van der Waals surface area contributed by atoms with Gasteiger partial charge in [0.15, 0.2) is 5.76 Å². The van der Waals surface area contributed by atoms with Gasteiger partial charge in [0.2, 0.25) is 5.78 Å². The molecule has 5 rings (SSSR count). The summed E-state index contributed by atoms with van der Waals surface area (Å²) < 4.78 is 12.9. The summed E-state index contributed by atoms with van der Waals surface area (Å²) in [6, 6.07) is 15.4. The number of rotatable bonds is 3. The maximum Gasteiger partial charge on any atom is 0.231 e. The van der Waals surface area contributed by atoms with Crippen molar-refractivity contribution in [2.24, 2.45) is 0 Å². The molecule has 1 aromatic heterocycles. The van der Waals surface area contributed by atoms with Crippen molar-refractivity contribution in [1.29, 1.82) is 0 Å². The molecule has 0 fully saturated rings. The molecule has 0 spiro atoms. The molecule has 3 heterocycles. The highest BCUT2D eigenvalue weighted by Crippen LogP contribution is 2.42. The number of benzene rings is 2. The molecule has 0 radical (unpaired) electrons. The first-order valence-corrected chi connectivity index (χ1v) is 10.1. The molecule has 0 saturated heterocycles. The number of halogens is 1. The van der Waals surface area contributed by atoms with Gasteiger partial charge >= 0.3 is 0 Å². The summed E-state index contributed by atoms with van der Waals surface area (Å²) >= 11 is 3.42. The normalized spacial score (nSPS) is 16.9. The van der Waals surface area contributed by atoms with Crippen LogP contribution in [-0.4, -0.2) is 22.4 Å². The number of fused-ring (bicyclic) bond motifs is 3. The fraction of sp³-hybridized carbons (Fsp3) is 0.130. The zero-order valence-corrected chi connectivity index (χ0v) is 17.1. The molecule has 29 heavy (non-hydrogen) atoms. The number of nitrogens with zero attached hydrogens (tertiary/aromatic N) is 2. The van der Waals surface area contributed by atoms with Gasteiger partial charge in [-0.2, -0.15) is 0 Å². The molecule has 2 aliphatic rings. The molecule has 5 nitrogen and oxygen atoms in total. The number of Topliss-reactive ketones (excluding diaryl/α,β-unsaturated/α-hetero) is 1. The molecule has 2 aliphatic heterocycles. The van der Waals surface area contributed by atoms with Gasteiger partial charge in [0, 0.05) is 30.0 Å². The van der Waals surface area contributed by atoms with Crippen LogP contribution >= 0.6 is 15.9 Å². The molecular weight excluding hydrogens is 432 g/mol. The van der Waals surface area contributed by atoms with Crippen molar-refractivity contribution in [3.05, 3.63) is 93.4 Å². The lowest BCUT2D eigenvalue weighted by atomic mass is 10.0. The minimum atomic E-state index is -0.102. The Morgan fingerprint density at radius 3 is 2.79 bits per heavy atom. The summed E-state index contributed by atoms with van der Waals surface area (Å²) in [5.41, 5.74) is 3.51. The SMILES string of the molecule is O=C1C(=Cc2ccc(Br)cc2)Oc2c1ccc1c2CN(Cc2cccnc2)CO1. The van der Waals surface area contributed by atoms with Crippen molar-refractivity contribution in [1.82, 2.24) is 9.88 Å². The van der Waals surface area contributed by atoms with Gasteiger partial charge in [0.1, 0.15) is 18.2 Å². The average molecular weight is 449 g/mol. The number of hydrogen-bond acceptors (Lipinski definition) is 5. The summed E-state index contributed by atoms with van der Waals surface area (Å²) in [5, 5.41) is 0. The zero-order chi connectivity index (χ0) is 19.8. The molecule has 2 aromatic carbocycles. The minimum absolute atomic E-state index is 0.102. The van der Waals surface area contributed by atoms with Crippen molar-refractivity contribution in [3.8, 4) is 11.5 Å². The summed E-state index contributed by atoms with van der Waals surface area (Å²) in [6.07, 6.45) is 5.39. The topological polar surface area (TPSA) is 51.7 Å². The maximum absolute atomic E-state index is 12.9. The first kappa shape index (κ1) is 18.1. The first-order valence-electron chi connectivity index (χ1n) is 9.27. The molecule has 0 atom stereocenters. The molecule has 144 valence electrons. The molecule has 0 aliphatic carbocycles. The van der Waals surface area contributed by atoms with E-state index >= 15 is 0 Å². The van der Waals surface area contributed by atoms with Crippen LogP contribution in [0.2, 0.25) is 0 Å². The lowest BCUT2D eigenvalue weighted by Gasteiger charge is -2.29. The Labute approximate surface area is 176 Å². The van der Waals surface area contributed by atoms with Gasteiger partial charge in [0.25, 0.3) is 0 Å². The highest BCUT2D eigenvalue weighted by Gasteiger charge is 2.33. The Balaban J connectivity index is 1.43. The predicted molar refractivity (Wildman–Crippen MR) is 112 cm³/mol. The Bertz CT molecular complexity index is 1110. The zero-order valence-electron chi connectivity index (χ0n) is 15.5. The molecule has 6 heteroatoms. The van der Waals surface area contributed by atoms with Crippen LogP contribution in [0.5, 0.6) is 11.5 Å². The molecule has 3 aromatic rings. The number of hydrogen-bond donors (Lipinski definition) is 0. The summed E-state index contributed by atoms with van der Waals surface area (Å²) in [7, 11) is 0. The van der Waals surface area contributed by atoms with E-state index in [1.807, 2.05) is 48.7 Å². The Morgan fingerprint density at radius 1 is 1.14 bits per heavy atom. The van der Waals surface area contributed by atoms with Gasteiger partial charge in [-0.25, -0.2) is 0 Å². The van der Waals surface area contributed by atoms with E-state index in [0.717, 1.165) is 26.9 Å². The second-order valence-corrected chi connectivity index (χ2v) is 7.95. The van der Waals surface area contributed by atoms with Crippen molar-refractivity contribution in [3.63, 3.8) is 0 Å². The Morgan fingerprint density at radius 2 is 2.00 bits per heavy atom. The second-order valence-electron chi connectivity index (χ2n) is 7.03. The van der Waals surface area contributed by atoms with E-state index in [-0.39, 0.29) is 5.78 Å². The summed E-state index contributed by atoms with van der Waals surface area (Å²) in [6.45, 7) is 1.84. The van der Waals surface area contributed by atoms with Crippen LogP contribution < -0.4 is 9.47 Å². The van der Waals surface area contributed by atoms with Crippen LogP contribution in [0.15, 0.2) is 71.2 Å². The third-order valence-corrected chi connectivity index (χ3v) is 5.51. The van der Waals surface area contributed by atoms with E-state index in [9.17, 15) is 4.79 Å². The second kappa shape index (κ2) is 7.46. The van der Waals surface area contributed by atoms with E-state index in [4.69, 9.17) is 9.47 Å². The molecule has 0 bridgehead atoms. The van der Waals surface area contributed by atoms with Crippen molar-refractivity contribution < 1.29 is 14.3 Å². The maximum atomic E-state index is 12.9. The fourth-order valence-electron chi connectivity index (χ4n) is 3.57. The number of pyridine rings is 1. The third-order valence-electron chi connectivity index (χ3n) is 4.98. The first-order chi connectivity index (χ1) is 14.2. The lowest BCUT2D eigenvalue weighted by molar-refractivity contribution is 0.0872. The standard InChI is InChI=1S/C23H17BrN2O3/c24-17-5-3-15(4-6-17)10-21-22(27)18-7-8-20-19(23(18)29-21)13-26(14-28-20)12-16-2-1-9-25-11-16/h1-11H,12-14H2. The number of carbonyl (C=O) groups excluding carboxylic acids is 1. The molecular formula is C23H17BrN2O3. The van der Waals surface area contributed by atoms with Crippen molar-refractivity contribution in [2.75, 3.05) is 6.73 Å². The Kier molecular flexibility index (Phi) is 4.66. The van der Waals surface area contributed by atoms with Gasteiger partial charge in [-0.1, -0.05) is 34.1 Å². The minimum Gasteiger partial charge on any atom is -0.478 e. The fourth-order valence-corrected chi connectivity index (χ4v) is 3.83. The van der Waals surface area contributed by atoms with Crippen LogP contribution in [0.3, 0.4) is 0 Å². The van der Waals surface area contributed by atoms with Gasteiger partial charge < -0.3 is 9.47 Å². The highest BCUT2D eigenvalue weighted by molar-refractivity contribution is 9.10. The molecule has 0 amide bonds. The molecule has 0 unspecified atom stereocenters. The van der Waals surface area contributed by atoms with Gasteiger partial charge in [-0.3, -0.25) is 14.7 Å². The lowest BCUT2D eigenvalue weighted by Crippen LogP contribution is -2.31. The van der Waals surface area contributed by atoms with Crippen molar-refractivity contribution >= 4 is 27.8 Å². The molecule has 0 N–H and O–H groups in total. The van der Waals surface area contributed by atoms with Crippen molar-refractivity contribution in [2.45, 2.75) is 13.1 Å². The van der Waals surface area contributed by atoms with Crippen LogP contribution in [0.4, 0.5) is 0 Å². The average Bonchev–Trinajstić information content (AvgIpc) is 3.06.